The number of nitro benzene ring substituents is 1. The third kappa shape index (κ3) is 4.11. The summed E-state index contributed by atoms with van der Waals surface area (Å²) in [6.45, 7) is 3.16. The SMILES string of the molecule is CCOC(=O)C1CCN(c2ccc(-c3nc4ccccc4c(=O)[nH]3)cc2[N+](=O)[O-])CC1. The molecule has 0 amide bonds. The van der Waals surface area contributed by atoms with E-state index in [0.717, 1.165) is 0 Å². The Hall–Kier alpha value is -3.75. The average molecular weight is 422 g/mol. The first kappa shape index (κ1) is 20.5. The summed E-state index contributed by atoms with van der Waals surface area (Å²) in [5, 5.41) is 12.3. The molecule has 4 rings (SSSR count). The van der Waals surface area contributed by atoms with Crippen molar-refractivity contribution in [3.8, 4) is 11.4 Å². The van der Waals surface area contributed by atoms with E-state index >= 15 is 0 Å². The van der Waals surface area contributed by atoms with Crippen molar-refractivity contribution in [3.05, 3.63) is 62.9 Å². The molecule has 0 radical (unpaired) electrons. The van der Waals surface area contributed by atoms with Crippen LogP contribution < -0.4 is 10.5 Å². The quantitative estimate of drug-likeness (QED) is 0.381. The van der Waals surface area contributed by atoms with Crippen LogP contribution in [0.5, 0.6) is 0 Å². The zero-order valence-corrected chi connectivity index (χ0v) is 17.0. The number of hydrogen-bond donors (Lipinski definition) is 1. The molecule has 2 heterocycles. The van der Waals surface area contributed by atoms with E-state index < -0.39 is 4.92 Å². The van der Waals surface area contributed by atoms with Crippen LogP contribution >= 0.6 is 0 Å². The third-order valence-corrected chi connectivity index (χ3v) is 5.51. The third-order valence-electron chi connectivity index (χ3n) is 5.51. The van der Waals surface area contributed by atoms with Crippen LogP contribution in [0.3, 0.4) is 0 Å². The van der Waals surface area contributed by atoms with Crippen molar-refractivity contribution in [2.75, 3.05) is 24.6 Å². The summed E-state index contributed by atoms with van der Waals surface area (Å²) in [4.78, 5) is 44.8. The van der Waals surface area contributed by atoms with Crippen LogP contribution in [0.2, 0.25) is 0 Å². The van der Waals surface area contributed by atoms with Gasteiger partial charge in [-0.2, -0.15) is 0 Å². The molecule has 1 aromatic heterocycles. The lowest BCUT2D eigenvalue weighted by molar-refractivity contribution is -0.384. The van der Waals surface area contributed by atoms with Crippen LogP contribution in [-0.4, -0.2) is 40.6 Å². The van der Waals surface area contributed by atoms with E-state index in [1.807, 2.05) is 4.90 Å². The smallest absolute Gasteiger partial charge is 0.309 e. The number of piperidine rings is 1. The lowest BCUT2D eigenvalue weighted by Crippen LogP contribution is -2.37. The summed E-state index contributed by atoms with van der Waals surface area (Å²) in [6, 6.07) is 11.8. The minimum absolute atomic E-state index is 0.0668. The number of carbonyl (C=O) groups excluding carboxylic acids is 1. The molecule has 160 valence electrons. The largest absolute Gasteiger partial charge is 0.466 e. The molecule has 31 heavy (non-hydrogen) atoms. The van der Waals surface area contributed by atoms with Gasteiger partial charge in [0.25, 0.3) is 11.2 Å². The predicted octanol–water partition coefficient (Wildman–Crippen LogP) is 3.28. The van der Waals surface area contributed by atoms with E-state index in [0.29, 0.717) is 54.7 Å². The number of aromatic nitrogens is 2. The summed E-state index contributed by atoms with van der Waals surface area (Å²) in [6.07, 6.45) is 1.16. The standard InChI is InChI=1S/C22H22N4O5/c1-2-31-22(28)14-9-11-25(12-10-14)18-8-7-15(13-19(18)26(29)30)20-23-17-6-4-3-5-16(17)21(27)24-20/h3-8,13-14H,2,9-12H2,1H3,(H,23,24,27). The molecule has 1 N–H and O–H groups in total. The fraction of sp³-hybridized carbons (Fsp3) is 0.318. The summed E-state index contributed by atoms with van der Waals surface area (Å²) in [5.41, 5.74) is 1.10. The Bertz CT molecular complexity index is 1200. The van der Waals surface area contributed by atoms with Crippen molar-refractivity contribution in [2.24, 2.45) is 5.92 Å². The van der Waals surface area contributed by atoms with Crippen molar-refractivity contribution >= 4 is 28.2 Å². The number of fused-ring (bicyclic) bond motifs is 1. The van der Waals surface area contributed by atoms with Crippen molar-refractivity contribution in [1.29, 1.82) is 0 Å². The molecule has 1 fully saturated rings. The highest BCUT2D eigenvalue weighted by Crippen LogP contribution is 2.34. The highest BCUT2D eigenvalue weighted by atomic mass is 16.6. The zero-order valence-electron chi connectivity index (χ0n) is 17.0. The van der Waals surface area contributed by atoms with Crippen molar-refractivity contribution in [3.63, 3.8) is 0 Å². The van der Waals surface area contributed by atoms with Crippen LogP contribution in [-0.2, 0) is 9.53 Å². The van der Waals surface area contributed by atoms with Gasteiger partial charge in [0.05, 0.1) is 28.4 Å². The number of para-hydroxylation sites is 1. The molecule has 0 atom stereocenters. The van der Waals surface area contributed by atoms with Crippen LogP contribution in [0.1, 0.15) is 19.8 Å². The van der Waals surface area contributed by atoms with E-state index in [1.165, 1.54) is 6.07 Å². The lowest BCUT2D eigenvalue weighted by atomic mass is 9.96. The number of carbonyl (C=O) groups is 1. The number of nitrogens with one attached hydrogen (secondary N) is 1. The molecule has 3 aromatic rings. The molecule has 1 aliphatic rings. The van der Waals surface area contributed by atoms with Gasteiger partial charge in [0.15, 0.2) is 0 Å². The Labute approximate surface area is 177 Å². The summed E-state index contributed by atoms with van der Waals surface area (Å²) in [5.74, 6) is -0.112. The molecule has 1 saturated heterocycles. The number of nitro groups is 1. The van der Waals surface area contributed by atoms with Crippen LogP contribution in [0, 0.1) is 16.0 Å². The maximum Gasteiger partial charge on any atom is 0.309 e. The number of H-pyrrole nitrogens is 1. The van der Waals surface area contributed by atoms with Crippen molar-refractivity contribution in [1.82, 2.24) is 9.97 Å². The first-order valence-corrected chi connectivity index (χ1v) is 10.2. The van der Waals surface area contributed by atoms with E-state index in [2.05, 4.69) is 9.97 Å². The number of ether oxygens (including phenoxy) is 1. The number of nitrogens with zero attached hydrogens (tertiary/aromatic N) is 3. The Morgan fingerprint density at radius 2 is 2.00 bits per heavy atom. The summed E-state index contributed by atoms with van der Waals surface area (Å²) < 4.78 is 5.09. The molecule has 0 aliphatic carbocycles. The summed E-state index contributed by atoms with van der Waals surface area (Å²) >= 11 is 0. The first-order chi connectivity index (χ1) is 15.0. The second-order valence-electron chi connectivity index (χ2n) is 7.41. The van der Waals surface area contributed by atoms with E-state index in [-0.39, 0.29) is 29.0 Å². The second kappa shape index (κ2) is 8.55. The maximum atomic E-state index is 12.4. The molecule has 0 unspecified atom stereocenters. The van der Waals surface area contributed by atoms with Gasteiger partial charge in [0, 0.05) is 24.7 Å². The minimum atomic E-state index is -0.435. The van der Waals surface area contributed by atoms with Gasteiger partial charge in [-0.15, -0.1) is 0 Å². The molecular formula is C22H22N4O5. The normalized spacial score (nSPS) is 14.5. The Morgan fingerprint density at radius 3 is 2.71 bits per heavy atom. The molecule has 1 aliphatic heterocycles. The van der Waals surface area contributed by atoms with Gasteiger partial charge in [0.1, 0.15) is 11.5 Å². The average Bonchev–Trinajstić information content (AvgIpc) is 2.79. The van der Waals surface area contributed by atoms with Crippen molar-refractivity contribution in [2.45, 2.75) is 19.8 Å². The highest BCUT2D eigenvalue weighted by Gasteiger charge is 2.29. The predicted molar refractivity (Wildman–Crippen MR) is 116 cm³/mol. The van der Waals surface area contributed by atoms with Gasteiger partial charge in [-0.1, -0.05) is 12.1 Å². The van der Waals surface area contributed by atoms with Crippen LogP contribution in [0.15, 0.2) is 47.3 Å². The fourth-order valence-electron chi connectivity index (χ4n) is 3.92. The van der Waals surface area contributed by atoms with Gasteiger partial charge in [-0.3, -0.25) is 19.7 Å². The summed E-state index contributed by atoms with van der Waals surface area (Å²) in [7, 11) is 0. The van der Waals surface area contributed by atoms with Gasteiger partial charge < -0.3 is 14.6 Å². The number of rotatable bonds is 5. The Balaban J connectivity index is 1.63. The maximum absolute atomic E-state index is 12.4. The number of aromatic amines is 1. The first-order valence-electron chi connectivity index (χ1n) is 10.2. The molecule has 9 nitrogen and oxygen atoms in total. The van der Waals surface area contributed by atoms with Crippen LogP contribution in [0.4, 0.5) is 11.4 Å². The van der Waals surface area contributed by atoms with Crippen molar-refractivity contribution < 1.29 is 14.5 Å². The Kier molecular flexibility index (Phi) is 5.66. The second-order valence-corrected chi connectivity index (χ2v) is 7.41. The Morgan fingerprint density at radius 1 is 1.26 bits per heavy atom. The van der Waals surface area contributed by atoms with Crippen LogP contribution in [0.25, 0.3) is 22.3 Å². The number of anilines is 1. The fourth-order valence-corrected chi connectivity index (χ4v) is 3.92. The van der Waals surface area contributed by atoms with Gasteiger partial charge in [-0.25, -0.2) is 4.98 Å². The topological polar surface area (TPSA) is 118 Å². The van der Waals surface area contributed by atoms with Gasteiger partial charge >= 0.3 is 5.97 Å². The molecular weight excluding hydrogens is 400 g/mol. The minimum Gasteiger partial charge on any atom is -0.466 e. The molecule has 0 bridgehead atoms. The lowest BCUT2D eigenvalue weighted by Gasteiger charge is -2.32. The number of hydrogen-bond acceptors (Lipinski definition) is 7. The number of esters is 1. The molecule has 9 heteroatoms. The van der Waals surface area contributed by atoms with E-state index in [4.69, 9.17) is 4.74 Å². The number of benzene rings is 2. The molecule has 0 saturated carbocycles. The van der Waals surface area contributed by atoms with Gasteiger partial charge in [-0.05, 0) is 44.0 Å². The molecule has 2 aromatic carbocycles. The van der Waals surface area contributed by atoms with Gasteiger partial charge in [0.2, 0.25) is 0 Å². The molecule has 0 spiro atoms. The van der Waals surface area contributed by atoms with E-state index in [9.17, 15) is 19.7 Å². The zero-order chi connectivity index (χ0) is 22.0. The highest BCUT2D eigenvalue weighted by molar-refractivity contribution is 5.80. The van der Waals surface area contributed by atoms with E-state index in [1.54, 1.807) is 43.3 Å². The monoisotopic (exact) mass is 422 g/mol.